The predicted octanol–water partition coefficient (Wildman–Crippen LogP) is 3.67. The first-order chi connectivity index (χ1) is 9.97. The molecule has 2 unspecified atom stereocenters. The van der Waals surface area contributed by atoms with Crippen molar-refractivity contribution in [2.45, 2.75) is 45.9 Å². The number of hydrogen-bond donors (Lipinski definition) is 3. The summed E-state index contributed by atoms with van der Waals surface area (Å²) >= 11 is 1.58. The fourth-order valence-electron chi connectivity index (χ4n) is 2.30. The molecule has 0 spiro atoms. The zero-order valence-electron chi connectivity index (χ0n) is 12.8. The molecule has 0 radical (unpaired) electrons. The molecule has 0 amide bonds. The van der Waals surface area contributed by atoms with Crippen molar-refractivity contribution in [3.05, 3.63) is 51.2 Å². The van der Waals surface area contributed by atoms with E-state index in [9.17, 15) is 10.2 Å². The summed E-state index contributed by atoms with van der Waals surface area (Å²) in [6.45, 7) is 6.69. The van der Waals surface area contributed by atoms with Crippen LogP contribution in [-0.2, 0) is 6.54 Å². The van der Waals surface area contributed by atoms with E-state index in [0.717, 1.165) is 16.0 Å². The normalized spacial score (nSPS) is 14.1. The molecule has 0 aliphatic carbocycles. The number of hydrogen-bond acceptors (Lipinski definition) is 4. The van der Waals surface area contributed by atoms with Gasteiger partial charge < -0.3 is 15.5 Å². The molecule has 3 N–H and O–H groups in total. The first kappa shape index (κ1) is 16.0. The smallest absolute Gasteiger partial charge is 0.120 e. The maximum Gasteiger partial charge on any atom is 0.120 e. The maximum atomic E-state index is 10.1. The van der Waals surface area contributed by atoms with Crippen LogP contribution < -0.4 is 5.32 Å². The van der Waals surface area contributed by atoms with E-state index < -0.39 is 6.10 Å². The Morgan fingerprint density at radius 1 is 1.24 bits per heavy atom. The lowest BCUT2D eigenvalue weighted by molar-refractivity contribution is 0.157. The van der Waals surface area contributed by atoms with Crippen LogP contribution in [0.4, 0.5) is 0 Å². The molecule has 2 aromatic rings. The van der Waals surface area contributed by atoms with E-state index in [1.807, 2.05) is 37.4 Å². The largest absolute Gasteiger partial charge is 0.508 e. The number of aliphatic hydroxyl groups excluding tert-OH is 1. The van der Waals surface area contributed by atoms with Gasteiger partial charge in [0.25, 0.3) is 0 Å². The van der Waals surface area contributed by atoms with Crippen molar-refractivity contribution in [1.29, 1.82) is 0 Å². The Kier molecular flexibility index (Phi) is 5.39. The fourth-order valence-corrected chi connectivity index (χ4v) is 3.03. The van der Waals surface area contributed by atoms with Gasteiger partial charge in [-0.1, -0.05) is 12.1 Å². The van der Waals surface area contributed by atoms with E-state index in [0.29, 0.717) is 18.7 Å². The van der Waals surface area contributed by atoms with E-state index in [2.05, 4.69) is 12.2 Å². The van der Waals surface area contributed by atoms with Crippen LogP contribution in [0.5, 0.6) is 5.75 Å². The predicted molar refractivity (Wildman–Crippen MR) is 87.8 cm³/mol. The van der Waals surface area contributed by atoms with Crippen LogP contribution in [0.25, 0.3) is 0 Å². The quantitative estimate of drug-likeness (QED) is 0.763. The molecule has 0 aliphatic heterocycles. The standard InChI is InChI=1S/C17H23NO2S/c1-11-7-14(15(19)8-12(11)2)10-18-13(3)9-16(20)17-5-4-6-21-17/h4-8,13,16,18-20H,9-10H2,1-3H3. The van der Waals surface area contributed by atoms with Gasteiger partial charge >= 0.3 is 0 Å². The SMILES string of the molecule is Cc1cc(O)c(CNC(C)CC(O)c2cccs2)cc1C. The third-order valence-corrected chi connectivity index (χ3v) is 4.76. The number of aliphatic hydroxyl groups is 1. The van der Waals surface area contributed by atoms with Gasteiger partial charge in [-0.15, -0.1) is 11.3 Å². The molecule has 1 aromatic carbocycles. The van der Waals surface area contributed by atoms with Gasteiger partial charge in [0.15, 0.2) is 0 Å². The molecule has 2 atom stereocenters. The van der Waals surface area contributed by atoms with Gasteiger partial charge in [-0.2, -0.15) is 0 Å². The van der Waals surface area contributed by atoms with Crippen molar-refractivity contribution in [2.75, 3.05) is 0 Å². The Morgan fingerprint density at radius 2 is 1.95 bits per heavy atom. The molecule has 21 heavy (non-hydrogen) atoms. The fraction of sp³-hybridized carbons (Fsp3) is 0.412. The molecule has 2 rings (SSSR count). The lowest BCUT2D eigenvalue weighted by atomic mass is 10.0. The third kappa shape index (κ3) is 4.30. The molecule has 1 aromatic heterocycles. The molecular weight excluding hydrogens is 282 g/mol. The number of benzene rings is 1. The first-order valence-corrected chi connectivity index (χ1v) is 8.09. The van der Waals surface area contributed by atoms with Gasteiger partial charge in [0.2, 0.25) is 0 Å². The second-order valence-electron chi connectivity index (χ2n) is 5.61. The molecule has 114 valence electrons. The van der Waals surface area contributed by atoms with Crippen LogP contribution in [-0.4, -0.2) is 16.3 Å². The van der Waals surface area contributed by atoms with E-state index >= 15 is 0 Å². The average Bonchev–Trinajstić information content (AvgIpc) is 2.95. The minimum absolute atomic E-state index is 0.170. The number of nitrogens with one attached hydrogen (secondary N) is 1. The van der Waals surface area contributed by atoms with E-state index in [1.54, 1.807) is 17.4 Å². The monoisotopic (exact) mass is 305 g/mol. The lowest BCUT2D eigenvalue weighted by Gasteiger charge is -2.18. The number of phenolic OH excluding ortho intramolecular Hbond substituents is 1. The highest BCUT2D eigenvalue weighted by Crippen LogP contribution is 2.24. The van der Waals surface area contributed by atoms with E-state index in [1.165, 1.54) is 5.56 Å². The second-order valence-corrected chi connectivity index (χ2v) is 6.59. The molecule has 3 nitrogen and oxygen atoms in total. The summed E-state index contributed by atoms with van der Waals surface area (Å²) in [5.41, 5.74) is 3.17. The molecule has 0 aliphatic rings. The van der Waals surface area contributed by atoms with Gasteiger partial charge in [-0.25, -0.2) is 0 Å². The number of phenols is 1. The van der Waals surface area contributed by atoms with Crippen molar-refractivity contribution < 1.29 is 10.2 Å². The first-order valence-electron chi connectivity index (χ1n) is 7.21. The second kappa shape index (κ2) is 7.07. The average molecular weight is 305 g/mol. The number of rotatable bonds is 6. The molecule has 0 bridgehead atoms. The number of aryl methyl sites for hydroxylation is 2. The summed E-state index contributed by atoms with van der Waals surface area (Å²) in [7, 11) is 0. The minimum Gasteiger partial charge on any atom is -0.508 e. The van der Waals surface area contributed by atoms with Crippen molar-refractivity contribution in [2.24, 2.45) is 0 Å². The van der Waals surface area contributed by atoms with Gasteiger partial charge in [0, 0.05) is 23.0 Å². The van der Waals surface area contributed by atoms with Gasteiger partial charge in [-0.3, -0.25) is 0 Å². The summed E-state index contributed by atoms with van der Waals surface area (Å²) in [6.07, 6.45) is 0.229. The highest BCUT2D eigenvalue weighted by Gasteiger charge is 2.13. The van der Waals surface area contributed by atoms with Crippen molar-refractivity contribution in [1.82, 2.24) is 5.32 Å². The zero-order valence-corrected chi connectivity index (χ0v) is 13.6. The zero-order chi connectivity index (χ0) is 15.4. The molecule has 1 heterocycles. The number of aromatic hydroxyl groups is 1. The van der Waals surface area contributed by atoms with Crippen LogP contribution in [0.2, 0.25) is 0 Å². The van der Waals surface area contributed by atoms with E-state index in [-0.39, 0.29) is 6.04 Å². The Morgan fingerprint density at radius 3 is 2.62 bits per heavy atom. The van der Waals surface area contributed by atoms with Crippen LogP contribution in [0.3, 0.4) is 0 Å². The van der Waals surface area contributed by atoms with Crippen LogP contribution in [0.1, 0.15) is 41.0 Å². The Bertz CT molecular complexity index is 581. The van der Waals surface area contributed by atoms with Crippen LogP contribution in [0.15, 0.2) is 29.6 Å². The molecular formula is C17H23NO2S. The van der Waals surface area contributed by atoms with Crippen molar-refractivity contribution >= 4 is 11.3 Å². The number of thiophene rings is 1. The molecule has 0 saturated heterocycles. The van der Waals surface area contributed by atoms with Crippen LogP contribution >= 0.6 is 11.3 Å². The van der Waals surface area contributed by atoms with Crippen molar-refractivity contribution in [3.63, 3.8) is 0 Å². The molecule has 0 saturated carbocycles. The summed E-state index contributed by atoms with van der Waals surface area (Å²) in [5.74, 6) is 0.330. The minimum atomic E-state index is -0.430. The summed E-state index contributed by atoms with van der Waals surface area (Å²) in [4.78, 5) is 0.998. The van der Waals surface area contributed by atoms with Gasteiger partial charge in [0.05, 0.1) is 6.10 Å². The molecule has 4 heteroatoms. The van der Waals surface area contributed by atoms with Gasteiger partial charge in [-0.05, 0) is 55.8 Å². The van der Waals surface area contributed by atoms with E-state index in [4.69, 9.17) is 0 Å². The highest BCUT2D eigenvalue weighted by molar-refractivity contribution is 7.10. The Labute approximate surface area is 130 Å². The van der Waals surface area contributed by atoms with Gasteiger partial charge in [0.1, 0.15) is 5.75 Å². The lowest BCUT2D eigenvalue weighted by Crippen LogP contribution is -2.27. The summed E-state index contributed by atoms with van der Waals surface area (Å²) in [5, 5.41) is 25.4. The summed E-state index contributed by atoms with van der Waals surface area (Å²) in [6, 6.07) is 7.89. The van der Waals surface area contributed by atoms with Crippen molar-refractivity contribution in [3.8, 4) is 5.75 Å². The topological polar surface area (TPSA) is 52.5 Å². The highest BCUT2D eigenvalue weighted by atomic mass is 32.1. The van der Waals surface area contributed by atoms with Crippen LogP contribution in [0, 0.1) is 13.8 Å². The third-order valence-electron chi connectivity index (χ3n) is 3.78. The molecule has 0 fully saturated rings. The Balaban J connectivity index is 1.89. The summed E-state index contributed by atoms with van der Waals surface area (Å²) < 4.78 is 0. The Hall–Kier alpha value is -1.36. The maximum absolute atomic E-state index is 10.1.